The predicted molar refractivity (Wildman–Crippen MR) is 278 cm³/mol. The number of rotatable bonds is 9. The Hall–Kier alpha value is -8.99. The van der Waals surface area contributed by atoms with Gasteiger partial charge in [-0.05, 0) is 110 Å². The Morgan fingerprint density at radius 1 is 0.224 bits per heavy atom. The predicted octanol–water partition coefficient (Wildman–Crippen LogP) is 16.3. The maximum Gasteiger partial charge on any atom is 0.166 e. The second-order valence-electron chi connectivity index (χ2n) is 16.8. The second-order valence-corrected chi connectivity index (χ2v) is 16.8. The molecule has 0 spiro atoms. The van der Waals surface area contributed by atoms with Crippen molar-refractivity contribution >= 4 is 21.8 Å². The quantitative estimate of drug-likeness (QED) is 0.145. The molecule has 12 rings (SSSR count). The Morgan fingerprint density at radius 2 is 0.537 bits per heavy atom. The molecule has 0 saturated heterocycles. The van der Waals surface area contributed by atoms with Crippen LogP contribution in [0.25, 0.3) is 117 Å². The van der Waals surface area contributed by atoms with Crippen LogP contribution >= 0.6 is 0 Å². The lowest BCUT2D eigenvalue weighted by Crippen LogP contribution is -2.04. The first-order valence-electron chi connectivity index (χ1n) is 22.7. The van der Waals surface area contributed by atoms with Crippen LogP contribution < -0.4 is 0 Å². The van der Waals surface area contributed by atoms with Crippen molar-refractivity contribution in [2.24, 2.45) is 0 Å². The molecule has 67 heavy (non-hydrogen) atoms. The molecule has 0 aliphatic carbocycles. The molecule has 0 amide bonds. The first-order chi connectivity index (χ1) is 33.2. The fourth-order valence-corrected chi connectivity index (χ4v) is 9.31. The molecule has 0 N–H and O–H groups in total. The number of nitrogens with zero attached hydrogens (tertiary/aromatic N) is 4. The lowest BCUT2D eigenvalue weighted by atomic mass is 9.92. The fourth-order valence-electron chi connectivity index (χ4n) is 9.31. The van der Waals surface area contributed by atoms with Crippen molar-refractivity contribution in [1.82, 2.24) is 19.5 Å². The molecular weight excluding hydrogens is 813 g/mol. The van der Waals surface area contributed by atoms with Crippen LogP contribution in [0.1, 0.15) is 0 Å². The van der Waals surface area contributed by atoms with Crippen molar-refractivity contribution in [3.63, 3.8) is 0 Å². The van der Waals surface area contributed by atoms with Gasteiger partial charge in [-0.15, -0.1) is 0 Å². The normalized spacial score (nSPS) is 11.3. The molecule has 0 atom stereocenters. The molecule has 4 nitrogen and oxygen atoms in total. The molecule has 10 aromatic carbocycles. The molecule has 0 aliphatic heterocycles. The van der Waals surface area contributed by atoms with Crippen LogP contribution in [-0.4, -0.2) is 19.5 Å². The SMILES string of the molecule is c1ccc(-c2cc(-c3ccccc3)cc(-c3ccc(-n4c5ccc(-c6ccccc6)cc5c5cc(-c6ccccc6)ccc54)c(-c4nc(-c5ccccc5)nc(-c5ccccc5)n4)c3)c2)cc1. The highest BCUT2D eigenvalue weighted by molar-refractivity contribution is 6.12. The number of fused-ring (bicyclic) bond motifs is 3. The summed E-state index contributed by atoms with van der Waals surface area (Å²) in [6, 6.07) is 90.3. The largest absolute Gasteiger partial charge is 0.308 e. The minimum absolute atomic E-state index is 0.587. The van der Waals surface area contributed by atoms with Crippen LogP contribution in [0.3, 0.4) is 0 Å². The summed E-state index contributed by atoms with van der Waals surface area (Å²) in [6.45, 7) is 0. The van der Waals surface area contributed by atoms with Crippen LogP contribution in [0, 0.1) is 0 Å². The molecular formula is C63H42N4. The molecule has 12 aromatic rings. The molecule has 2 aromatic heterocycles. The first-order valence-corrected chi connectivity index (χ1v) is 22.7. The van der Waals surface area contributed by atoms with E-state index in [4.69, 9.17) is 15.0 Å². The van der Waals surface area contributed by atoms with E-state index in [-0.39, 0.29) is 0 Å². The number of benzene rings is 10. The highest BCUT2D eigenvalue weighted by atomic mass is 15.1. The van der Waals surface area contributed by atoms with Gasteiger partial charge in [-0.25, -0.2) is 15.0 Å². The van der Waals surface area contributed by atoms with Gasteiger partial charge in [0.2, 0.25) is 0 Å². The Labute approximate surface area is 389 Å². The minimum atomic E-state index is 0.587. The van der Waals surface area contributed by atoms with Gasteiger partial charge >= 0.3 is 0 Å². The average Bonchev–Trinajstić information content (AvgIpc) is 3.74. The first kappa shape index (κ1) is 39.6. The molecule has 0 bridgehead atoms. The van der Waals surface area contributed by atoms with E-state index in [9.17, 15) is 0 Å². The maximum absolute atomic E-state index is 5.37. The molecule has 0 radical (unpaired) electrons. The van der Waals surface area contributed by atoms with E-state index in [1.165, 1.54) is 11.1 Å². The summed E-state index contributed by atoms with van der Waals surface area (Å²) in [5.41, 5.74) is 17.3. The smallest absolute Gasteiger partial charge is 0.166 e. The fraction of sp³-hybridized carbons (Fsp3) is 0. The van der Waals surface area contributed by atoms with Crippen LogP contribution in [0.5, 0.6) is 0 Å². The highest BCUT2D eigenvalue weighted by Gasteiger charge is 2.22. The van der Waals surface area contributed by atoms with E-state index in [0.29, 0.717) is 17.5 Å². The van der Waals surface area contributed by atoms with Gasteiger partial charge in [-0.3, -0.25) is 0 Å². The van der Waals surface area contributed by atoms with Gasteiger partial charge in [0.25, 0.3) is 0 Å². The summed E-state index contributed by atoms with van der Waals surface area (Å²) < 4.78 is 2.40. The van der Waals surface area contributed by atoms with Gasteiger partial charge in [0, 0.05) is 27.5 Å². The van der Waals surface area contributed by atoms with E-state index < -0.39 is 0 Å². The van der Waals surface area contributed by atoms with Crippen LogP contribution in [0.4, 0.5) is 0 Å². The van der Waals surface area contributed by atoms with E-state index in [1.807, 2.05) is 36.4 Å². The third kappa shape index (κ3) is 7.67. The number of hydrogen-bond donors (Lipinski definition) is 0. The third-order valence-electron chi connectivity index (χ3n) is 12.6. The summed E-state index contributed by atoms with van der Waals surface area (Å²) in [4.78, 5) is 15.8. The Balaban J connectivity index is 1.15. The summed E-state index contributed by atoms with van der Waals surface area (Å²) in [5, 5.41) is 2.33. The molecule has 2 heterocycles. The summed E-state index contributed by atoms with van der Waals surface area (Å²) in [5.74, 6) is 1.81. The minimum Gasteiger partial charge on any atom is -0.308 e. The number of aromatic nitrogens is 4. The lowest BCUT2D eigenvalue weighted by Gasteiger charge is -2.17. The van der Waals surface area contributed by atoms with Crippen molar-refractivity contribution in [3.05, 3.63) is 255 Å². The third-order valence-corrected chi connectivity index (χ3v) is 12.6. The van der Waals surface area contributed by atoms with Gasteiger partial charge in [-0.2, -0.15) is 0 Å². The maximum atomic E-state index is 5.37. The van der Waals surface area contributed by atoms with Crippen LogP contribution in [0.15, 0.2) is 255 Å². The lowest BCUT2D eigenvalue weighted by molar-refractivity contribution is 1.06. The summed E-state index contributed by atoms with van der Waals surface area (Å²) in [7, 11) is 0. The molecule has 0 unspecified atom stereocenters. The van der Waals surface area contributed by atoms with Crippen LogP contribution in [0.2, 0.25) is 0 Å². The van der Waals surface area contributed by atoms with Gasteiger partial charge in [0.1, 0.15) is 0 Å². The van der Waals surface area contributed by atoms with Gasteiger partial charge < -0.3 is 4.57 Å². The van der Waals surface area contributed by atoms with E-state index in [0.717, 1.165) is 88.7 Å². The Kier molecular flexibility index (Phi) is 10.2. The zero-order valence-corrected chi connectivity index (χ0v) is 36.5. The zero-order chi connectivity index (χ0) is 44.5. The second kappa shape index (κ2) is 17.2. The zero-order valence-electron chi connectivity index (χ0n) is 36.5. The van der Waals surface area contributed by atoms with Crippen LogP contribution in [-0.2, 0) is 0 Å². The molecule has 0 saturated carbocycles. The van der Waals surface area contributed by atoms with Crippen molar-refractivity contribution in [1.29, 1.82) is 0 Å². The van der Waals surface area contributed by atoms with Gasteiger partial charge in [0.15, 0.2) is 17.5 Å². The average molecular weight is 855 g/mol. The van der Waals surface area contributed by atoms with E-state index >= 15 is 0 Å². The Morgan fingerprint density at radius 3 is 0.940 bits per heavy atom. The van der Waals surface area contributed by atoms with Crippen molar-refractivity contribution < 1.29 is 0 Å². The topological polar surface area (TPSA) is 43.6 Å². The standard InChI is InChI=1S/C63H42N4/c1-7-19-43(20-8-1)49-31-34-58-55(40-49)56-41-50(44-21-9-2-10-22-44)32-35-59(56)67(58)60-36-33-51(54-38-52(45-23-11-3-12-24-45)37-53(39-54)46-25-13-4-14-26-46)42-57(60)63-65-61(47-27-15-5-16-28-47)64-62(66-63)48-29-17-6-18-30-48/h1-42H. The summed E-state index contributed by atoms with van der Waals surface area (Å²) in [6.07, 6.45) is 0. The van der Waals surface area contributed by atoms with Crippen molar-refractivity contribution in [2.45, 2.75) is 0 Å². The monoisotopic (exact) mass is 854 g/mol. The molecule has 314 valence electrons. The van der Waals surface area contributed by atoms with Crippen molar-refractivity contribution in [2.75, 3.05) is 0 Å². The number of hydrogen-bond acceptors (Lipinski definition) is 3. The molecule has 0 aliphatic rings. The highest BCUT2D eigenvalue weighted by Crippen LogP contribution is 2.42. The van der Waals surface area contributed by atoms with Gasteiger partial charge in [-0.1, -0.05) is 200 Å². The van der Waals surface area contributed by atoms with Gasteiger partial charge in [0.05, 0.1) is 16.7 Å². The Bertz CT molecular complexity index is 3490. The molecule has 4 heteroatoms. The van der Waals surface area contributed by atoms with Crippen molar-refractivity contribution in [3.8, 4) is 95.5 Å². The molecule has 0 fully saturated rings. The summed E-state index contributed by atoms with van der Waals surface area (Å²) >= 11 is 0. The van der Waals surface area contributed by atoms with E-state index in [2.05, 4.69) is 223 Å². The van der Waals surface area contributed by atoms with E-state index in [1.54, 1.807) is 0 Å².